The highest BCUT2D eigenvalue weighted by molar-refractivity contribution is 7.86. The molecule has 8 nitrogen and oxygen atoms in total. The summed E-state index contributed by atoms with van der Waals surface area (Å²) in [5.74, 6) is -1.11. The Hall–Kier alpha value is -1.23. The number of hydrogen-bond acceptors (Lipinski definition) is 7. The Balaban J connectivity index is 3.23. The standard InChI is InChI=1S/C9H13NO7S2/c1-16-8-3-7(5-18(11,12)13)9(10-4-8)6-19(14,15)17-2/h3-4H,5-6H2,1-2H3,(H,11,12,13). The Kier molecular flexibility index (Phi) is 4.85. The van der Waals surface area contributed by atoms with E-state index in [1.54, 1.807) is 0 Å². The lowest BCUT2D eigenvalue weighted by Crippen LogP contribution is -2.12. The summed E-state index contributed by atoms with van der Waals surface area (Å²) in [4.78, 5) is 3.81. The van der Waals surface area contributed by atoms with Crippen molar-refractivity contribution in [2.75, 3.05) is 14.2 Å². The molecule has 0 saturated carbocycles. The van der Waals surface area contributed by atoms with E-state index in [-0.39, 0.29) is 17.0 Å². The van der Waals surface area contributed by atoms with Crippen LogP contribution in [0.1, 0.15) is 11.3 Å². The Morgan fingerprint density at radius 2 is 1.84 bits per heavy atom. The molecule has 0 aromatic carbocycles. The molecular weight excluding hydrogens is 298 g/mol. The first-order chi connectivity index (χ1) is 8.67. The summed E-state index contributed by atoms with van der Waals surface area (Å²) in [5, 5.41) is 0. The first kappa shape index (κ1) is 15.8. The van der Waals surface area contributed by atoms with E-state index in [1.165, 1.54) is 19.4 Å². The first-order valence-electron chi connectivity index (χ1n) is 4.92. The van der Waals surface area contributed by atoms with Crippen molar-refractivity contribution in [2.45, 2.75) is 11.5 Å². The van der Waals surface area contributed by atoms with Gasteiger partial charge in [-0.1, -0.05) is 0 Å². The molecule has 0 radical (unpaired) electrons. The fourth-order valence-corrected chi connectivity index (χ4v) is 2.66. The maximum absolute atomic E-state index is 11.3. The highest BCUT2D eigenvalue weighted by Crippen LogP contribution is 2.19. The van der Waals surface area contributed by atoms with E-state index in [2.05, 4.69) is 9.17 Å². The molecule has 0 aliphatic heterocycles. The minimum Gasteiger partial charge on any atom is -0.495 e. The largest absolute Gasteiger partial charge is 0.495 e. The fourth-order valence-electron chi connectivity index (χ4n) is 1.31. The van der Waals surface area contributed by atoms with Gasteiger partial charge in [0.25, 0.3) is 20.2 Å². The average molecular weight is 311 g/mol. The van der Waals surface area contributed by atoms with E-state index in [9.17, 15) is 16.8 Å². The molecule has 1 aromatic rings. The van der Waals surface area contributed by atoms with E-state index in [0.29, 0.717) is 0 Å². The van der Waals surface area contributed by atoms with Crippen LogP contribution >= 0.6 is 0 Å². The molecule has 0 spiro atoms. The average Bonchev–Trinajstić information content (AvgIpc) is 2.29. The third-order valence-corrected chi connectivity index (χ3v) is 3.99. The Labute approximate surface area is 111 Å². The van der Waals surface area contributed by atoms with Crippen molar-refractivity contribution >= 4 is 20.2 Å². The van der Waals surface area contributed by atoms with Gasteiger partial charge >= 0.3 is 0 Å². The van der Waals surface area contributed by atoms with E-state index in [4.69, 9.17) is 9.29 Å². The number of ether oxygens (including phenoxy) is 1. The number of pyridine rings is 1. The molecule has 1 rings (SSSR count). The van der Waals surface area contributed by atoms with Crippen molar-refractivity contribution in [3.63, 3.8) is 0 Å². The topological polar surface area (TPSA) is 120 Å². The minimum absolute atomic E-state index is 0.0275. The van der Waals surface area contributed by atoms with Crippen molar-refractivity contribution in [2.24, 2.45) is 0 Å². The van der Waals surface area contributed by atoms with Crippen LogP contribution in [-0.2, 0) is 35.9 Å². The molecule has 0 fully saturated rings. The SMILES string of the molecule is COc1cnc(CS(=O)(=O)OC)c(CS(=O)(=O)O)c1. The van der Waals surface area contributed by atoms with E-state index in [0.717, 1.165) is 7.11 Å². The monoisotopic (exact) mass is 311 g/mol. The second-order valence-electron chi connectivity index (χ2n) is 3.58. The van der Waals surface area contributed by atoms with Crippen LogP contribution in [0.3, 0.4) is 0 Å². The normalized spacial score (nSPS) is 12.4. The van der Waals surface area contributed by atoms with Crippen molar-refractivity contribution in [1.82, 2.24) is 4.98 Å². The molecule has 0 aliphatic rings. The smallest absolute Gasteiger partial charge is 0.272 e. The number of hydrogen-bond donors (Lipinski definition) is 1. The van der Waals surface area contributed by atoms with Crippen LogP contribution in [0.25, 0.3) is 0 Å². The van der Waals surface area contributed by atoms with Gasteiger partial charge in [-0.15, -0.1) is 0 Å². The summed E-state index contributed by atoms with van der Waals surface area (Å²) < 4.78 is 62.4. The zero-order valence-electron chi connectivity index (χ0n) is 10.2. The third kappa shape index (κ3) is 5.11. The minimum atomic E-state index is -4.32. The molecule has 108 valence electrons. The van der Waals surface area contributed by atoms with Crippen LogP contribution in [0.5, 0.6) is 5.75 Å². The molecule has 0 aliphatic carbocycles. The van der Waals surface area contributed by atoms with Gasteiger partial charge < -0.3 is 4.74 Å². The molecule has 0 bridgehead atoms. The predicted octanol–water partition coefficient (Wildman–Crippen LogP) is -0.0458. The molecular formula is C9H13NO7S2. The number of aromatic nitrogens is 1. The van der Waals surface area contributed by atoms with Crippen LogP contribution in [0, 0.1) is 0 Å². The molecule has 1 heterocycles. The van der Waals surface area contributed by atoms with Crippen molar-refractivity contribution in [3.05, 3.63) is 23.5 Å². The lowest BCUT2D eigenvalue weighted by molar-refractivity contribution is 0.395. The van der Waals surface area contributed by atoms with Gasteiger partial charge in [0.15, 0.2) is 0 Å². The Morgan fingerprint density at radius 1 is 1.21 bits per heavy atom. The van der Waals surface area contributed by atoms with Crippen LogP contribution in [0.15, 0.2) is 12.3 Å². The Morgan fingerprint density at radius 3 is 2.32 bits per heavy atom. The van der Waals surface area contributed by atoms with E-state index in [1.807, 2.05) is 0 Å². The van der Waals surface area contributed by atoms with E-state index >= 15 is 0 Å². The van der Waals surface area contributed by atoms with Crippen LogP contribution in [0.2, 0.25) is 0 Å². The van der Waals surface area contributed by atoms with Gasteiger partial charge in [0, 0.05) is 0 Å². The Bertz CT molecular complexity index is 651. The highest BCUT2D eigenvalue weighted by Gasteiger charge is 2.19. The van der Waals surface area contributed by atoms with Crippen molar-refractivity contribution in [1.29, 1.82) is 0 Å². The summed E-state index contributed by atoms with van der Waals surface area (Å²) >= 11 is 0. The van der Waals surface area contributed by atoms with Crippen molar-refractivity contribution in [3.8, 4) is 5.75 Å². The third-order valence-electron chi connectivity index (χ3n) is 2.18. The van der Waals surface area contributed by atoms with Gasteiger partial charge in [-0.05, 0) is 11.6 Å². The van der Waals surface area contributed by atoms with Crippen LogP contribution in [0.4, 0.5) is 0 Å². The highest BCUT2D eigenvalue weighted by atomic mass is 32.2. The quantitative estimate of drug-likeness (QED) is 0.573. The molecule has 0 saturated heterocycles. The first-order valence-corrected chi connectivity index (χ1v) is 8.11. The molecule has 0 atom stereocenters. The van der Waals surface area contributed by atoms with Crippen molar-refractivity contribution < 1.29 is 30.3 Å². The zero-order chi connectivity index (χ0) is 14.7. The van der Waals surface area contributed by atoms with Crippen LogP contribution in [-0.4, -0.2) is 40.6 Å². The summed E-state index contributed by atoms with van der Waals surface area (Å²) in [6, 6.07) is 1.29. The van der Waals surface area contributed by atoms with Gasteiger partial charge in [-0.25, -0.2) is 0 Å². The number of nitrogens with zero attached hydrogens (tertiary/aromatic N) is 1. The van der Waals surface area contributed by atoms with Gasteiger partial charge in [0.05, 0.1) is 26.1 Å². The lowest BCUT2D eigenvalue weighted by Gasteiger charge is -2.09. The summed E-state index contributed by atoms with van der Waals surface area (Å²) in [6.07, 6.45) is 1.24. The summed E-state index contributed by atoms with van der Waals surface area (Å²) in [6.45, 7) is 0. The molecule has 1 aromatic heterocycles. The molecule has 0 amide bonds. The second kappa shape index (κ2) is 5.82. The zero-order valence-corrected chi connectivity index (χ0v) is 11.9. The molecule has 1 N–H and O–H groups in total. The van der Waals surface area contributed by atoms with Gasteiger partial charge in [-0.2, -0.15) is 16.8 Å². The number of methoxy groups -OCH3 is 1. The maximum atomic E-state index is 11.3. The maximum Gasteiger partial charge on any atom is 0.272 e. The van der Waals surface area contributed by atoms with Gasteiger partial charge in [-0.3, -0.25) is 13.7 Å². The summed E-state index contributed by atoms with van der Waals surface area (Å²) in [7, 11) is -5.83. The summed E-state index contributed by atoms with van der Waals surface area (Å²) in [5.41, 5.74) is 0.00255. The predicted molar refractivity (Wildman–Crippen MR) is 65.7 cm³/mol. The van der Waals surface area contributed by atoms with Gasteiger partial charge in [0.1, 0.15) is 17.3 Å². The van der Waals surface area contributed by atoms with E-state index < -0.39 is 31.7 Å². The lowest BCUT2D eigenvalue weighted by atomic mass is 10.2. The van der Waals surface area contributed by atoms with Crippen LogP contribution < -0.4 is 4.74 Å². The molecule has 0 unspecified atom stereocenters. The fraction of sp³-hybridized carbons (Fsp3) is 0.444. The molecule has 10 heteroatoms. The van der Waals surface area contributed by atoms with Gasteiger partial charge in [0.2, 0.25) is 0 Å². The number of rotatable bonds is 6. The second-order valence-corrected chi connectivity index (χ2v) is 6.77. The molecule has 19 heavy (non-hydrogen) atoms.